The van der Waals surface area contributed by atoms with Gasteiger partial charge in [-0.15, -0.1) is 0 Å². The lowest BCUT2D eigenvalue weighted by molar-refractivity contribution is -0.0444. The molecule has 0 aliphatic carbocycles. The molecule has 0 amide bonds. The number of fused-ring (bicyclic) bond motifs is 1. The van der Waals surface area contributed by atoms with Crippen molar-refractivity contribution in [2.45, 2.75) is 6.29 Å². The van der Waals surface area contributed by atoms with Crippen molar-refractivity contribution < 1.29 is 14.2 Å². The predicted octanol–water partition coefficient (Wildman–Crippen LogP) is 1.68. The van der Waals surface area contributed by atoms with Crippen LogP contribution in [-0.2, 0) is 9.47 Å². The van der Waals surface area contributed by atoms with Gasteiger partial charge in [0.25, 0.3) is 0 Å². The molecule has 0 unspecified atom stereocenters. The van der Waals surface area contributed by atoms with E-state index in [9.17, 15) is 0 Å². The Morgan fingerprint density at radius 3 is 2.86 bits per heavy atom. The lowest BCUT2D eigenvalue weighted by Gasteiger charge is -2.12. The third kappa shape index (κ3) is 1.21. The molecule has 0 saturated carbocycles. The maximum atomic E-state index is 5.47. The molecular weight excluding hydrogens is 180 g/mol. The Morgan fingerprint density at radius 2 is 2.00 bits per heavy atom. The minimum absolute atomic E-state index is 0.206. The van der Waals surface area contributed by atoms with Crippen molar-refractivity contribution in [1.29, 1.82) is 0 Å². The third-order valence-electron chi connectivity index (χ3n) is 2.50. The molecule has 2 aliphatic rings. The molecule has 73 valence electrons. The van der Waals surface area contributed by atoms with E-state index in [1.807, 2.05) is 18.2 Å². The molecule has 14 heavy (non-hydrogen) atoms. The predicted molar refractivity (Wildman–Crippen MR) is 50.0 cm³/mol. The lowest BCUT2D eigenvalue weighted by atomic mass is 10.1. The van der Waals surface area contributed by atoms with Crippen molar-refractivity contribution in [3.63, 3.8) is 0 Å². The van der Waals surface area contributed by atoms with Crippen LogP contribution < -0.4 is 4.74 Å². The molecule has 3 heteroatoms. The average molecular weight is 191 g/mol. The van der Waals surface area contributed by atoms with Gasteiger partial charge < -0.3 is 14.2 Å². The molecular formula is C11H11O3. The standard InChI is InChI=1S/C11H11O3/c1-2-9(11-13-6-7-14-11)8-4-5-12-10(8)3-1/h1-4,11H,5-7H2. The van der Waals surface area contributed by atoms with Gasteiger partial charge in [-0.2, -0.15) is 0 Å². The van der Waals surface area contributed by atoms with Gasteiger partial charge in [-0.25, -0.2) is 0 Å². The fourth-order valence-electron chi connectivity index (χ4n) is 1.86. The first-order chi connectivity index (χ1) is 6.95. The molecule has 2 aliphatic heterocycles. The Balaban J connectivity index is 2.00. The van der Waals surface area contributed by atoms with Crippen LogP contribution in [0.3, 0.4) is 0 Å². The highest BCUT2D eigenvalue weighted by Gasteiger charge is 2.25. The van der Waals surface area contributed by atoms with Gasteiger partial charge in [0, 0.05) is 17.5 Å². The molecule has 1 saturated heterocycles. The maximum Gasteiger partial charge on any atom is 0.184 e. The number of rotatable bonds is 1. The molecule has 0 spiro atoms. The summed E-state index contributed by atoms with van der Waals surface area (Å²) in [5.74, 6) is 0.932. The van der Waals surface area contributed by atoms with E-state index in [0.29, 0.717) is 19.8 Å². The first-order valence-corrected chi connectivity index (χ1v) is 4.77. The van der Waals surface area contributed by atoms with Crippen molar-refractivity contribution in [2.75, 3.05) is 19.8 Å². The molecule has 1 aromatic carbocycles. The van der Waals surface area contributed by atoms with E-state index in [-0.39, 0.29) is 6.29 Å². The SMILES string of the molecule is [CH]1COc2cccc(C3OCCO3)c21. The van der Waals surface area contributed by atoms with Crippen LogP contribution in [0.15, 0.2) is 18.2 Å². The smallest absolute Gasteiger partial charge is 0.184 e. The zero-order valence-electron chi connectivity index (χ0n) is 7.73. The van der Waals surface area contributed by atoms with E-state index < -0.39 is 0 Å². The quantitative estimate of drug-likeness (QED) is 0.675. The number of hydrogen-bond acceptors (Lipinski definition) is 3. The van der Waals surface area contributed by atoms with E-state index in [4.69, 9.17) is 14.2 Å². The molecule has 1 radical (unpaired) electrons. The van der Waals surface area contributed by atoms with Gasteiger partial charge in [-0.05, 0) is 6.07 Å². The second-order valence-corrected chi connectivity index (χ2v) is 3.35. The van der Waals surface area contributed by atoms with Gasteiger partial charge in [-0.3, -0.25) is 0 Å². The van der Waals surface area contributed by atoms with Crippen LogP contribution >= 0.6 is 0 Å². The van der Waals surface area contributed by atoms with Crippen LogP contribution in [0.4, 0.5) is 0 Å². The minimum atomic E-state index is -0.206. The Kier molecular flexibility index (Phi) is 1.92. The van der Waals surface area contributed by atoms with Crippen LogP contribution in [-0.4, -0.2) is 19.8 Å². The zero-order valence-corrected chi connectivity index (χ0v) is 7.73. The first-order valence-electron chi connectivity index (χ1n) is 4.77. The summed E-state index contributed by atoms with van der Waals surface area (Å²) in [6.07, 6.45) is 1.86. The molecule has 0 N–H and O–H groups in total. The Labute approximate surface area is 82.6 Å². The van der Waals surface area contributed by atoms with Crippen LogP contribution in [0.1, 0.15) is 17.4 Å². The molecule has 1 aromatic rings. The van der Waals surface area contributed by atoms with E-state index in [0.717, 1.165) is 16.9 Å². The van der Waals surface area contributed by atoms with Gasteiger partial charge in [0.15, 0.2) is 6.29 Å². The maximum absolute atomic E-state index is 5.47. The monoisotopic (exact) mass is 191 g/mol. The molecule has 0 atom stereocenters. The number of ether oxygens (including phenoxy) is 3. The van der Waals surface area contributed by atoms with Gasteiger partial charge >= 0.3 is 0 Å². The summed E-state index contributed by atoms with van der Waals surface area (Å²) in [4.78, 5) is 0. The second kappa shape index (κ2) is 3.26. The normalized spacial score (nSPS) is 20.9. The fraction of sp³-hybridized carbons (Fsp3) is 0.364. The molecule has 1 fully saturated rings. The third-order valence-corrected chi connectivity index (χ3v) is 2.50. The van der Waals surface area contributed by atoms with E-state index >= 15 is 0 Å². The van der Waals surface area contributed by atoms with Crippen molar-refractivity contribution >= 4 is 0 Å². The van der Waals surface area contributed by atoms with Crippen LogP contribution in [0.2, 0.25) is 0 Å². The van der Waals surface area contributed by atoms with Crippen LogP contribution in [0.25, 0.3) is 0 Å². The molecule has 2 heterocycles. The first kappa shape index (κ1) is 8.26. The van der Waals surface area contributed by atoms with E-state index in [1.54, 1.807) is 0 Å². The number of hydrogen-bond donors (Lipinski definition) is 0. The van der Waals surface area contributed by atoms with Crippen molar-refractivity contribution in [1.82, 2.24) is 0 Å². The summed E-state index contributed by atoms with van der Waals surface area (Å²) in [7, 11) is 0. The number of benzene rings is 1. The average Bonchev–Trinajstić information content (AvgIpc) is 2.88. The summed E-state index contributed by atoms with van der Waals surface area (Å²) in [6.45, 7) is 2.00. The topological polar surface area (TPSA) is 27.7 Å². The summed E-state index contributed by atoms with van der Waals surface area (Å²) in [5.41, 5.74) is 2.21. The summed E-state index contributed by atoms with van der Waals surface area (Å²) in [5, 5.41) is 0. The fourth-order valence-corrected chi connectivity index (χ4v) is 1.86. The summed E-state index contributed by atoms with van der Waals surface area (Å²) in [6, 6.07) is 5.97. The second-order valence-electron chi connectivity index (χ2n) is 3.35. The van der Waals surface area contributed by atoms with Gasteiger partial charge in [-0.1, -0.05) is 12.1 Å². The summed E-state index contributed by atoms with van der Waals surface area (Å²) < 4.78 is 16.4. The van der Waals surface area contributed by atoms with Gasteiger partial charge in [0.1, 0.15) is 5.75 Å². The van der Waals surface area contributed by atoms with Crippen LogP contribution in [0.5, 0.6) is 5.75 Å². The van der Waals surface area contributed by atoms with Crippen molar-refractivity contribution in [3.8, 4) is 5.75 Å². The van der Waals surface area contributed by atoms with Crippen LogP contribution in [0, 0.1) is 6.42 Å². The molecule has 3 nitrogen and oxygen atoms in total. The minimum Gasteiger partial charge on any atom is -0.493 e. The summed E-state index contributed by atoms with van der Waals surface area (Å²) >= 11 is 0. The Bertz CT molecular complexity index is 342. The highest BCUT2D eigenvalue weighted by molar-refractivity contribution is 5.48. The van der Waals surface area contributed by atoms with E-state index in [2.05, 4.69) is 6.42 Å². The van der Waals surface area contributed by atoms with Crippen molar-refractivity contribution in [3.05, 3.63) is 35.7 Å². The Morgan fingerprint density at radius 1 is 1.14 bits per heavy atom. The zero-order chi connectivity index (χ0) is 9.38. The van der Waals surface area contributed by atoms with Gasteiger partial charge in [0.2, 0.25) is 0 Å². The molecule has 0 aromatic heterocycles. The molecule has 0 bridgehead atoms. The van der Waals surface area contributed by atoms with Crippen molar-refractivity contribution in [2.24, 2.45) is 0 Å². The highest BCUT2D eigenvalue weighted by atomic mass is 16.7. The van der Waals surface area contributed by atoms with Gasteiger partial charge in [0.05, 0.1) is 19.8 Å². The highest BCUT2D eigenvalue weighted by Crippen LogP contribution is 2.35. The van der Waals surface area contributed by atoms with E-state index in [1.165, 1.54) is 0 Å². The lowest BCUT2D eigenvalue weighted by Crippen LogP contribution is -2.00. The Hall–Kier alpha value is -1.06. The largest absolute Gasteiger partial charge is 0.493 e. The molecule has 3 rings (SSSR count).